The zero-order valence-electron chi connectivity index (χ0n) is 15.0. The van der Waals surface area contributed by atoms with Gasteiger partial charge in [0.25, 0.3) is 0 Å². The molecule has 0 saturated heterocycles. The van der Waals surface area contributed by atoms with Gasteiger partial charge in [-0.25, -0.2) is 0 Å². The van der Waals surface area contributed by atoms with Crippen LogP contribution in [0.5, 0.6) is 0 Å². The summed E-state index contributed by atoms with van der Waals surface area (Å²) in [5.41, 5.74) is 1.88. The third-order valence-corrected chi connectivity index (χ3v) is 4.56. The van der Waals surface area contributed by atoms with E-state index >= 15 is 0 Å². The van der Waals surface area contributed by atoms with Crippen molar-refractivity contribution in [3.05, 3.63) is 82.7 Å². The molecule has 0 amide bonds. The van der Waals surface area contributed by atoms with Gasteiger partial charge in [0.05, 0.1) is 0 Å². The van der Waals surface area contributed by atoms with E-state index in [-0.39, 0.29) is 17.0 Å². The number of aliphatic hydroxyl groups excluding tert-OH is 1. The lowest BCUT2D eigenvalue weighted by Crippen LogP contribution is -2.36. The lowest BCUT2D eigenvalue weighted by atomic mass is 9.91. The zero-order chi connectivity index (χ0) is 18.7. The van der Waals surface area contributed by atoms with E-state index < -0.39 is 11.5 Å². The van der Waals surface area contributed by atoms with Crippen LogP contribution in [-0.4, -0.2) is 53.7 Å². The van der Waals surface area contributed by atoms with E-state index in [9.17, 15) is 14.7 Å². The summed E-state index contributed by atoms with van der Waals surface area (Å²) in [5, 5.41) is 10.3. The minimum atomic E-state index is -0.500. The Morgan fingerprint density at radius 2 is 1.38 bits per heavy atom. The average molecular weight is 350 g/mol. The summed E-state index contributed by atoms with van der Waals surface area (Å²) in [4.78, 5) is 28.9. The van der Waals surface area contributed by atoms with Gasteiger partial charge in [-0.15, -0.1) is 0 Å². The molecule has 0 fully saturated rings. The fourth-order valence-electron chi connectivity index (χ4n) is 3.11. The average Bonchev–Trinajstić information content (AvgIpc) is 2.65. The number of benzene rings is 2. The first kappa shape index (κ1) is 17.9. The molecule has 5 heteroatoms. The molecular formula is C21H22N2O3. The zero-order valence-corrected chi connectivity index (χ0v) is 15.0. The second-order valence-electron chi connectivity index (χ2n) is 6.55. The predicted molar refractivity (Wildman–Crippen MR) is 100 cm³/mol. The van der Waals surface area contributed by atoms with Crippen LogP contribution in [0.15, 0.2) is 66.1 Å². The van der Waals surface area contributed by atoms with E-state index in [1.54, 1.807) is 36.2 Å². The van der Waals surface area contributed by atoms with Gasteiger partial charge in [0.1, 0.15) is 5.70 Å². The summed E-state index contributed by atoms with van der Waals surface area (Å²) in [7, 11) is 3.72. The highest BCUT2D eigenvalue weighted by atomic mass is 16.3. The fraction of sp³-hybridized carbons (Fsp3) is 0.238. The number of carbonyl (C=O) groups is 2. The molecule has 2 aromatic carbocycles. The van der Waals surface area contributed by atoms with Crippen LogP contribution in [0.2, 0.25) is 0 Å². The third kappa shape index (κ3) is 3.53. The molecule has 0 aliphatic heterocycles. The second-order valence-corrected chi connectivity index (χ2v) is 6.55. The molecule has 0 aromatic heterocycles. The molecule has 0 spiro atoms. The van der Waals surface area contributed by atoms with Crippen LogP contribution in [0.4, 0.5) is 0 Å². The molecule has 0 unspecified atom stereocenters. The first-order valence-corrected chi connectivity index (χ1v) is 8.54. The summed E-state index contributed by atoms with van der Waals surface area (Å²) < 4.78 is 0. The van der Waals surface area contributed by atoms with Crippen molar-refractivity contribution in [1.82, 2.24) is 9.80 Å². The van der Waals surface area contributed by atoms with E-state index in [0.29, 0.717) is 18.7 Å². The number of carbonyl (C=O) groups excluding carboxylic acids is 2. The Bertz CT molecular complexity index is 859. The van der Waals surface area contributed by atoms with Crippen molar-refractivity contribution in [2.24, 2.45) is 0 Å². The molecule has 0 bridgehead atoms. The van der Waals surface area contributed by atoms with Gasteiger partial charge in [0, 0.05) is 37.8 Å². The molecular weight excluding hydrogens is 328 g/mol. The number of nitrogens with zero attached hydrogens (tertiary/aromatic N) is 2. The Hall–Kier alpha value is -2.92. The molecule has 3 rings (SSSR count). The minimum Gasteiger partial charge on any atom is -0.503 e. The van der Waals surface area contributed by atoms with Gasteiger partial charge in [0.2, 0.25) is 11.6 Å². The van der Waals surface area contributed by atoms with E-state index in [4.69, 9.17) is 0 Å². The molecule has 0 radical (unpaired) electrons. The third-order valence-electron chi connectivity index (χ3n) is 4.56. The molecule has 0 saturated carbocycles. The van der Waals surface area contributed by atoms with Gasteiger partial charge in [-0.2, -0.15) is 0 Å². The normalized spacial score (nSPS) is 14.0. The molecule has 0 atom stereocenters. The van der Waals surface area contributed by atoms with E-state index in [1.807, 2.05) is 25.2 Å². The number of fused-ring (bicyclic) bond motifs is 1. The van der Waals surface area contributed by atoms with Crippen molar-refractivity contribution < 1.29 is 14.7 Å². The molecule has 0 heterocycles. The summed E-state index contributed by atoms with van der Waals surface area (Å²) in [6, 6.07) is 16.7. The molecule has 2 aromatic rings. The van der Waals surface area contributed by atoms with Crippen LogP contribution in [0.25, 0.3) is 0 Å². The standard InChI is InChI=1S/C21H22N2O3/c1-22(14-15-8-4-3-5-9-15)12-13-23(2)18-19(24)16-10-6-7-11-17(16)20(25)21(18)26/h3-11,26H,12-14H2,1-2H3. The number of likely N-dealkylation sites (N-methyl/N-ethyl adjacent to an activating group) is 2. The molecule has 134 valence electrons. The van der Waals surface area contributed by atoms with Crippen molar-refractivity contribution in [2.75, 3.05) is 27.2 Å². The van der Waals surface area contributed by atoms with Gasteiger partial charge >= 0.3 is 0 Å². The maximum atomic E-state index is 12.7. The monoisotopic (exact) mass is 350 g/mol. The largest absolute Gasteiger partial charge is 0.503 e. The Balaban J connectivity index is 1.69. The van der Waals surface area contributed by atoms with Gasteiger partial charge in [0.15, 0.2) is 5.76 Å². The topological polar surface area (TPSA) is 60.9 Å². The van der Waals surface area contributed by atoms with E-state index in [1.165, 1.54) is 5.56 Å². The highest BCUT2D eigenvalue weighted by molar-refractivity contribution is 6.25. The highest BCUT2D eigenvalue weighted by Gasteiger charge is 2.33. The number of hydrogen-bond acceptors (Lipinski definition) is 5. The number of ketones is 2. The van der Waals surface area contributed by atoms with Crippen molar-refractivity contribution in [1.29, 1.82) is 0 Å². The van der Waals surface area contributed by atoms with Gasteiger partial charge in [-0.05, 0) is 12.6 Å². The minimum absolute atomic E-state index is 0.0711. The second kappa shape index (κ2) is 7.54. The van der Waals surface area contributed by atoms with Gasteiger partial charge in [-0.3, -0.25) is 9.59 Å². The van der Waals surface area contributed by atoms with Crippen LogP contribution < -0.4 is 0 Å². The first-order valence-electron chi connectivity index (χ1n) is 8.54. The molecule has 5 nitrogen and oxygen atoms in total. The van der Waals surface area contributed by atoms with Crippen molar-refractivity contribution in [3.63, 3.8) is 0 Å². The molecule has 1 N–H and O–H groups in total. The van der Waals surface area contributed by atoms with Gasteiger partial charge in [-0.1, -0.05) is 54.6 Å². The Kier molecular flexibility index (Phi) is 5.19. The quantitative estimate of drug-likeness (QED) is 0.868. The summed E-state index contributed by atoms with van der Waals surface area (Å²) in [5.74, 6) is -1.28. The predicted octanol–water partition coefficient (Wildman–Crippen LogP) is 2.90. The van der Waals surface area contributed by atoms with Crippen LogP contribution in [0.1, 0.15) is 26.3 Å². The summed E-state index contributed by atoms with van der Waals surface area (Å²) in [6.07, 6.45) is 0. The number of hydrogen-bond donors (Lipinski definition) is 1. The van der Waals surface area contributed by atoms with Crippen LogP contribution in [-0.2, 0) is 6.54 Å². The number of Topliss-reactive ketones (excluding diaryl/α,β-unsaturated/α-hetero) is 2. The van der Waals surface area contributed by atoms with Crippen LogP contribution >= 0.6 is 0 Å². The van der Waals surface area contributed by atoms with Crippen LogP contribution in [0, 0.1) is 0 Å². The lowest BCUT2D eigenvalue weighted by Gasteiger charge is -2.28. The maximum absolute atomic E-state index is 12.7. The highest BCUT2D eigenvalue weighted by Crippen LogP contribution is 2.26. The molecule has 1 aliphatic carbocycles. The Morgan fingerprint density at radius 1 is 0.808 bits per heavy atom. The van der Waals surface area contributed by atoms with Crippen molar-refractivity contribution in [2.45, 2.75) is 6.54 Å². The molecule has 1 aliphatic rings. The number of allylic oxidation sites excluding steroid dienone is 2. The SMILES string of the molecule is CN(CCN(C)C1=C(O)C(=O)c2ccccc2C1=O)Cc1ccccc1. The smallest absolute Gasteiger partial charge is 0.230 e. The van der Waals surface area contributed by atoms with Crippen LogP contribution in [0.3, 0.4) is 0 Å². The summed E-state index contributed by atoms with van der Waals surface area (Å²) in [6.45, 7) is 1.99. The summed E-state index contributed by atoms with van der Waals surface area (Å²) >= 11 is 0. The lowest BCUT2D eigenvalue weighted by molar-refractivity contribution is 0.0897. The van der Waals surface area contributed by atoms with Crippen molar-refractivity contribution in [3.8, 4) is 0 Å². The van der Waals surface area contributed by atoms with E-state index in [0.717, 1.165) is 6.54 Å². The first-order chi connectivity index (χ1) is 12.5. The van der Waals surface area contributed by atoms with Crippen molar-refractivity contribution >= 4 is 11.6 Å². The molecule has 26 heavy (non-hydrogen) atoms. The Morgan fingerprint density at radius 3 is 2.04 bits per heavy atom. The maximum Gasteiger partial charge on any atom is 0.230 e. The number of rotatable bonds is 6. The fourth-order valence-corrected chi connectivity index (χ4v) is 3.11. The number of aliphatic hydroxyl groups is 1. The van der Waals surface area contributed by atoms with E-state index in [2.05, 4.69) is 17.0 Å². The Labute approximate surface area is 153 Å². The van der Waals surface area contributed by atoms with Gasteiger partial charge < -0.3 is 14.9 Å².